The van der Waals surface area contributed by atoms with Crippen molar-refractivity contribution in [3.63, 3.8) is 0 Å². The molecule has 0 rings (SSSR count). The van der Waals surface area contributed by atoms with Crippen LogP contribution in [0.25, 0.3) is 0 Å². The smallest absolute Gasteiger partial charge is 0.225 e. The lowest BCUT2D eigenvalue weighted by Crippen LogP contribution is -2.43. The first-order valence-electron chi connectivity index (χ1n) is 6.14. The van der Waals surface area contributed by atoms with Crippen molar-refractivity contribution in [3.8, 4) is 0 Å². The molecule has 0 aromatic carbocycles. The van der Waals surface area contributed by atoms with Gasteiger partial charge in [0, 0.05) is 32.1 Å². The quantitative estimate of drug-likeness (QED) is 0.378. The van der Waals surface area contributed by atoms with Crippen molar-refractivity contribution in [1.29, 1.82) is 0 Å². The fourth-order valence-electron chi connectivity index (χ4n) is 1.09. The lowest BCUT2D eigenvalue weighted by atomic mass is 9.96. The molecule has 0 radical (unpaired) electrons. The molecule has 0 saturated heterocycles. The fraction of sp³-hybridized carbons (Fsp3) is 0.833. The van der Waals surface area contributed by atoms with Gasteiger partial charge in [0.15, 0.2) is 5.96 Å². The summed E-state index contributed by atoms with van der Waals surface area (Å²) >= 11 is 0. The highest BCUT2D eigenvalue weighted by Gasteiger charge is 2.20. The summed E-state index contributed by atoms with van der Waals surface area (Å²) in [5.74, 6) is 0.840. The van der Waals surface area contributed by atoms with E-state index in [1.54, 1.807) is 7.05 Å². The van der Waals surface area contributed by atoms with Gasteiger partial charge >= 0.3 is 0 Å². The number of carbonyl (C=O) groups excluding carboxylic acids is 1. The highest BCUT2D eigenvalue weighted by molar-refractivity contribution is 5.81. The maximum absolute atomic E-state index is 11.6. The SMILES string of the molecule is CCCNC(=NC)NCCNC(=O)C(C)(C)C. The van der Waals surface area contributed by atoms with Gasteiger partial charge in [0.2, 0.25) is 5.91 Å². The van der Waals surface area contributed by atoms with Gasteiger partial charge in [0.25, 0.3) is 0 Å². The van der Waals surface area contributed by atoms with Crippen LogP contribution in [0.1, 0.15) is 34.1 Å². The maximum atomic E-state index is 11.6. The van der Waals surface area contributed by atoms with Gasteiger partial charge in [-0.2, -0.15) is 0 Å². The van der Waals surface area contributed by atoms with Gasteiger partial charge in [-0.15, -0.1) is 0 Å². The van der Waals surface area contributed by atoms with Crippen molar-refractivity contribution >= 4 is 11.9 Å². The maximum Gasteiger partial charge on any atom is 0.225 e. The number of nitrogens with zero attached hydrogens (tertiary/aromatic N) is 1. The highest BCUT2D eigenvalue weighted by atomic mass is 16.2. The number of hydrogen-bond acceptors (Lipinski definition) is 2. The lowest BCUT2D eigenvalue weighted by molar-refractivity contribution is -0.128. The normalized spacial score (nSPS) is 12.2. The number of carbonyl (C=O) groups is 1. The van der Waals surface area contributed by atoms with Gasteiger partial charge in [-0.25, -0.2) is 0 Å². The second kappa shape index (κ2) is 7.92. The molecule has 0 heterocycles. The average Bonchev–Trinajstić information content (AvgIpc) is 2.26. The van der Waals surface area contributed by atoms with Crippen LogP contribution in [0.4, 0.5) is 0 Å². The molecule has 0 aliphatic heterocycles. The second-order valence-corrected chi connectivity index (χ2v) is 4.93. The van der Waals surface area contributed by atoms with Crippen LogP contribution in [0, 0.1) is 5.41 Å². The molecular weight excluding hydrogens is 216 g/mol. The van der Waals surface area contributed by atoms with Crippen LogP contribution in [-0.4, -0.2) is 38.5 Å². The zero-order chi connectivity index (χ0) is 13.3. The molecule has 0 aromatic rings. The van der Waals surface area contributed by atoms with E-state index in [2.05, 4.69) is 27.9 Å². The third-order valence-electron chi connectivity index (χ3n) is 2.15. The van der Waals surface area contributed by atoms with E-state index in [1.807, 2.05) is 20.8 Å². The molecule has 0 aromatic heterocycles. The van der Waals surface area contributed by atoms with Gasteiger partial charge in [-0.3, -0.25) is 9.79 Å². The van der Waals surface area contributed by atoms with Gasteiger partial charge < -0.3 is 16.0 Å². The van der Waals surface area contributed by atoms with E-state index in [0.717, 1.165) is 18.9 Å². The van der Waals surface area contributed by atoms with Crippen LogP contribution < -0.4 is 16.0 Å². The lowest BCUT2D eigenvalue weighted by Gasteiger charge is -2.18. The summed E-state index contributed by atoms with van der Waals surface area (Å²) < 4.78 is 0. The van der Waals surface area contributed by atoms with Gasteiger partial charge in [-0.1, -0.05) is 27.7 Å². The predicted molar refractivity (Wildman–Crippen MR) is 72.1 cm³/mol. The molecule has 0 aliphatic rings. The van der Waals surface area contributed by atoms with E-state index in [-0.39, 0.29) is 11.3 Å². The minimum atomic E-state index is -0.331. The molecule has 17 heavy (non-hydrogen) atoms. The first-order valence-corrected chi connectivity index (χ1v) is 6.14. The van der Waals surface area contributed by atoms with E-state index in [9.17, 15) is 4.79 Å². The molecule has 5 nitrogen and oxygen atoms in total. The molecule has 100 valence electrons. The predicted octanol–water partition coefficient (Wildman–Crippen LogP) is 0.724. The van der Waals surface area contributed by atoms with Crippen LogP contribution in [0.5, 0.6) is 0 Å². The number of hydrogen-bond donors (Lipinski definition) is 3. The third kappa shape index (κ3) is 7.60. The van der Waals surface area contributed by atoms with Crippen molar-refractivity contribution in [2.45, 2.75) is 34.1 Å². The number of guanidine groups is 1. The summed E-state index contributed by atoms with van der Waals surface area (Å²) in [6, 6.07) is 0. The standard InChI is InChI=1S/C12H26N4O/c1-6-7-15-11(13-5)16-9-8-14-10(17)12(2,3)4/h6-9H2,1-5H3,(H,14,17)(H2,13,15,16). The van der Waals surface area contributed by atoms with E-state index < -0.39 is 0 Å². The van der Waals surface area contributed by atoms with Crippen molar-refractivity contribution in [2.24, 2.45) is 10.4 Å². The number of aliphatic imine (C=N–C) groups is 1. The molecule has 0 aliphatic carbocycles. The van der Waals surface area contributed by atoms with E-state index in [0.29, 0.717) is 13.1 Å². The number of amides is 1. The minimum Gasteiger partial charge on any atom is -0.356 e. The Morgan fingerprint density at radius 2 is 1.59 bits per heavy atom. The van der Waals surface area contributed by atoms with E-state index in [4.69, 9.17) is 0 Å². The van der Waals surface area contributed by atoms with Gasteiger partial charge in [-0.05, 0) is 6.42 Å². The Balaban J connectivity index is 3.73. The van der Waals surface area contributed by atoms with Crippen molar-refractivity contribution < 1.29 is 4.79 Å². The Kier molecular flexibility index (Phi) is 7.34. The average molecular weight is 242 g/mol. The molecule has 5 heteroatoms. The first kappa shape index (κ1) is 15.7. The highest BCUT2D eigenvalue weighted by Crippen LogP contribution is 2.11. The summed E-state index contributed by atoms with van der Waals surface area (Å²) in [4.78, 5) is 15.6. The van der Waals surface area contributed by atoms with Crippen LogP contribution in [-0.2, 0) is 4.79 Å². The second-order valence-electron chi connectivity index (χ2n) is 4.93. The van der Waals surface area contributed by atoms with Crippen molar-refractivity contribution in [1.82, 2.24) is 16.0 Å². The molecule has 0 spiro atoms. The van der Waals surface area contributed by atoms with Crippen molar-refractivity contribution in [3.05, 3.63) is 0 Å². The van der Waals surface area contributed by atoms with Crippen molar-refractivity contribution in [2.75, 3.05) is 26.7 Å². The van der Waals surface area contributed by atoms with Gasteiger partial charge in [0.1, 0.15) is 0 Å². The van der Waals surface area contributed by atoms with Crippen LogP contribution in [0.2, 0.25) is 0 Å². The molecule has 0 fully saturated rings. The van der Waals surface area contributed by atoms with E-state index >= 15 is 0 Å². The number of rotatable bonds is 5. The molecule has 0 unspecified atom stereocenters. The molecule has 0 atom stereocenters. The summed E-state index contributed by atoms with van der Waals surface area (Å²) in [7, 11) is 1.73. The summed E-state index contributed by atoms with van der Waals surface area (Å²) in [5.41, 5.74) is -0.331. The molecule has 0 saturated carbocycles. The van der Waals surface area contributed by atoms with Crippen LogP contribution in [0.15, 0.2) is 4.99 Å². The Bertz CT molecular complexity index is 256. The van der Waals surface area contributed by atoms with E-state index in [1.165, 1.54) is 0 Å². The van der Waals surface area contributed by atoms with Crippen LogP contribution in [0.3, 0.4) is 0 Å². The Labute approximate surface area is 104 Å². The minimum absolute atomic E-state index is 0.0656. The number of nitrogens with one attached hydrogen (secondary N) is 3. The molecular formula is C12H26N4O. The zero-order valence-electron chi connectivity index (χ0n) is 11.7. The summed E-state index contributed by atoms with van der Waals surface area (Å²) in [5, 5.41) is 9.17. The molecule has 1 amide bonds. The third-order valence-corrected chi connectivity index (χ3v) is 2.15. The Hall–Kier alpha value is -1.26. The first-order chi connectivity index (χ1) is 7.91. The van der Waals surface area contributed by atoms with Gasteiger partial charge in [0.05, 0.1) is 0 Å². The topological polar surface area (TPSA) is 65.5 Å². The summed E-state index contributed by atoms with van der Waals surface area (Å²) in [6.07, 6.45) is 1.06. The Morgan fingerprint density at radius 1 is 1.06 bits per heavy atom. The largest absolute Gasteiger partial charge is 0.356 e. The Morgan fingerprint density at radius 3 is 2.06 bits per heavy atom. The fourth-order valence-corrected chi connectivity index (χ4v) is 1.09. The van der Waals surface area contributed by atoms with Crippen LogP contribution >= 0.6 is 0 Å². The summed E-state index contributed by atoms with van der Waals surface area (Å²) in [6.45, 7) is 9.97. The molecule has 3 N–H and O–H groups in total. The molecule has 0 bridgehead atoms. The zero-order valence-corrected chi connectivity index (χ0v) is 11.7. The monoisotopic (exact) mass is 242 g/mol.